The molecule has 1 N–H and O–H groups in total. The van der Waals surface area contributed by atoms with Crippen molar-refractivity contribution in [1.82, 2.24) is 0 Å². The zero-order chi connectivity index (χ0) is 16.2. The Morgan fingerprint density at radius 3 is 2.43 bits per heavy atom. The van der Waals surface area contributed by atoms with Gasteiger partial charge in [-0.05, 0) is 37.0 Å². The van der Waals surface area contributed by atoms with Gasteiger partial charge in [-0.1, -0.05) is 37.6 Å². The molecule has 0 saturated heterocycles. The van der Waals surface area contributed by atoms with Crippen molar-refractivity contribution in [2.45, 2.75) is 34.1 Å². The molecule has 0 aliphatic heterocycles. The molecular formula is C16H21ClO4. The number of rotatable bonds is 6. The van der Waals surface area contributed by atoms with Gasteiger partial charge in [0.25, 0.3) is 0 Å². The summed E-state index contributed by atoms with van der Waals surface area (Å²) in [5, 5.41) is 10.1. The highest BCUT2D eigenvalue weighted by atomic mass is 35.5. The van der Waals surface area contributed by atoms with Crippen LogP contribution < -0.4 is 0 Å². The Balaban J connectivity index is 3.30. The predicted octanol–water partition coefficient (Wildman–Crippen LogP) is 3.48. The summed E-state index contributed by atoms with van der Waals surface area (Å²) in [4.78, 5) is 24.1. The van der Waals surface area contributed by atoms with Crippen molar-refractivity contribution in [3.63, 3.8) is 0 Å². The van der Waals surface area contributed by atoms with E-state index >= 15 is 0 Å². The number of hydrogen-bond donors (Lipinski definition) is 1. The van der Waals surface area contributed by atoms with Crippen LogP contribution in [0, 0.1) is 18.3 Å². The Morgan fingerprint density at radius 2 is 2.00 bits per heavy atom. The topological polar surface area (TPSA) is 63.6 Å². The molecular weight excluding hydrogens is 292 g/mol. The molecule has 0 amide bonds. The molecule has 1 unspecified atom stereocenters. The fourth-order valence-electron chi connectivity index (χ4n) is 2.28. The minimum absolute atomic E-state index is 0.0119. The predicted molar refractivity (Wildman–Crippen MR) is 81.4 cm³/mol. The number of ether oxygens (including phenoxy) is 1. The fourth-order valence-corrected chi connectivity index (χ4v) is 2.58. The minimum Gasteiger partial charge on any atom is -0.480 e. The van der Waals surface area contributed by atoms with Gasteiger partial charge in [-0.15, -0.1) is 0 Å². The summed E-state index contributed by atoms with van der Waals surface area (Å²) in [7, 11) is 0. The number of carbonyl (C=O) groups excluding carboxylic acids is 1. The van der Waals surface area contributed by atoms with Crippen LogP contribution in [0.1, 0.15) is 31.9 Å². The quantitative estimate of drug-likeness (QED) is 0.645. The number of benzene rings is 1. The number of carboxylic acids is 1. The first-order chi connectivity index (χ1) is 9.75. The van der Waals surface area contributed by atoms with E-state index < -0.39 is 23.3 Å². The van der Waals surface area contributed by atoms with Gasteiger partial charge in [0, 0.05) is 11.4 Å². The number of aryl methyl sites for hydroxylation is 1. The van der Waals surface area contributed by atoms with Gasteiger partial charge in [0.2, 0.25) is 0 Å². The Bertz CT molecular complexity index is 539. The van der Waals surface area contributed by atoms with Gasteiger partial charge in [-0.25, -0.2) is 0 Å². The molecule has 0 fully saturated rings. The zero-order valence-corrected chi connectivity index (χ0v) is 13.5. The lowest BCUT2D eigenvalue weighted by Crippen LogP contribution is -2.47. The van der Waals surface area contributed by atoms with Crippen LogP contribution in [0.5, 0.6) is 0 Å². The van der Waals surface area contributed by atoms with E-state index in [1.165, 1.54) is 0 Å². The van der Waals surface area contributed by atoms with E-state index in [0.717, 1.165) is 5.56 Å². The van der Waals surface area contributed by atoms with Crippen LogP contribution in [0.4, 0.5) is 0 Å². The Hall–Kier alpha value is -1.55. The SMILES string of the molecule is CCOC(=O)C(Cc1ccc(C)cc1Cl)(C(=O)O)C(C)C. The van der Waals surface area contributed by atoms with Crippen LogP contribution in [-0.4, -0.2) is 23.7 Å². The molecule has 21 heavy (non-hydrogen) atoms. The number of carboxylic acid groups (broad SMARTS) is 1. The third-order valence-electron chi connectivity index (χ3n) is 3.68. The third kappa shape index (κ3) is 3.56. The molecule has 1 aromatic carbocycles. The Morgan fingerprint density at radius 1 is 1.38 bits per heavy atom. The molecule has 5 heteroatoms. The first kappa shape index (κ1) is 17.5. The Kier molecular flexibility index (Phi) is 5.78. The molecule has 116 valence electrons. The largest absolute Gasteiger partial charge is 0.480 e. The lowest BCUT2D eigenvalue weighted by atomic mass is 9.72. The van der Waals surface area contributed by atoms with Gasteiger partial charge in [-0.2, -0.15) is 0 Å². The van der Waals surface area contributed by atoms with Gasteiger partial charge in [0.15, 0.2) is 5.41 Å². The van der Waals surface area contributed by atoms with E-state index in [9.17, 15) is 14.7 Å². The lowest BCUT2D eigenvalue weighted by molar-refractivity contribution is -0.172. The van der Waals surface area contributed by atoms with Crippen molar-refractivity contribution in [2.24, 2.45) is 11.3 Å². The summed E-state index contributed by atoms with van der Waals surface area (Å²) in [6.45, 7) is 7.10. The molecule has 0 aromatic heterocycles. The van der Waals surface area contributed by atoms with Crippen LogP contribution in [0.3, 0.4) is 0 Å². The highest BCUT2D eigenvalue weighted by molar-refractivity contribution is 6.31. The average molecular weight is 313 g/mol. The van der Waals surface area contributed by atoms with Crippen LogP contribution in [-0.2, 0) is 20.7 Å². The molecule has 1 atom stereocenters. The molecule has 0 bridgehead atoms. The second-order valence-electron chi connectivity index (χ2n) is 5.42. The fraction of sp³-hybridized carbons (Fsp3) is 0.500. The van der Waals surface area contributed by atoms with Gasteiger partial charge < -0.3 is 9.84 Å². The standard InChI is InChI=1S/C16H21ClO4/c1-5-21-15(20)16(10(2)3,14(18)19)9-12-7-6-11(4)8-13(12)17/h6-8,10H,5,9H2,1-4H3,(H,18,19). The maximum Gasteiger partial charge on any atom is 0.324 e. The van der Waals surface area contributed by atoms with Gasteiger partial charge in [0.05, 0.1) is 6.61 Å². The van der Waals surface area contributed by atoms with Crippen molar-refractivity contribution < 1.29 is 19.4 Å². The minimum atomic E-state index is -1.63. The van der Waals surface area contributed by atoms with Crippen LogP contribution in [0.15, 0.2) is 18.2 Å². The third-order valence-corrected chi connectivity index (χ3v) is 4.04. The number of hydrogen-bond acceptors (Lipinski definition) is 3. The van der Waals surface area contributed by atoms with E-state index in [1.54, 1.807) is 32.9 Å². The highest BCUT2D eigenvalue weighted by Crippen LogP contribution is 2.36. The normalized spacial score (nSPS) is 13.8. The van der Waals surface area contributed by atoms with E-state index in [0.29, 0.717) is 10.6 Å². The van der Waals surface area contributed by atoms with Crippen molar-refractivity contribution in [3.05, 3.63) is 34.3 Å². The second kappa shape index (κ2) is 6.94. The average Bonchev–Trinajstić information content (AvgIpc) is 2.37. The maximum absolute atomic E-state index is 12.3. The molecule has 0 aliphatic carbocycles. The number of aliphatic carboxylic acids is 1. The van der Waals surface area contributed by atoms with Crippen molar-refractivity contribution in [1.29, 1.82) is 0 Å². The van der Waals surface area contributed by atoms with Gasteiger partial charge in [0.1, 0.15) is 0 Å². The van der Waals surface area contributed by atoms with E-state index in [-0.39, 0.29) is 13.0 Å². The number of carbonyl (C=O) groups is 2. The second-order valence-corrected chi connectivity index (χ2v) is 5.83. The van der Waals surface area contributed by atoms with Crippen LogP contribution in [0.25, 0.3) is 0 Å². The van der Waals surface area contributed by atoms with Crippen molar-refractivity contribution in [2.75, 3.05) is 6.61 Å². The molecule has 0 aliphatic rings. The van der Waals surface area contributed by atoms with E-state index in [2.05, 4.69) is 0 Å². The lowest BCUT2D eigenvalue weighted by Gasteiger charge is -2.31. The first-order valence-electron chi connectivity index (χ1n) is 6.91. The summed E-state index contributed by atoms with van der Waals surface area (Å²) in [5.41, 5.74) is -0.0219. The molecule has 4 nitrogen and oxygen atoms in total. The van der Waals surface area contributed by atoms with Gasteiger partial charge >= 0.3 is 11.9 Å². The van der Waals surface area contributed by atoms with Gasteiger partial charge in [-0.3, -0.25) is 9.59 Å². The maximum atomic E-state index is 12.3. The smallest absolute Gasteiger partial charge is 0.324 e. The highest BCUT2D eigenvalue weighted by Gasteiger charge is 2.50. The van der Waals surface area contributed by atoms with Crippen molar-refractivity contribution >= 4 is 23.5 Å². The summed E-state index contributed by atoms with van der Waals surface area (Å²) in [6.07, 6.45) is 0.0119. The summed E-state index contributed by atoms with van der Waals surface area (Å²) in [6, 6.07) is 5.37. The monoisotopic (exact) mass is 312 g/mol. The number of halogens is 1. The number of esters is 1. The summed E-state index contributed by atoms with van der Waals surface area (Å²) < 4.78 is 5.00. The van der Waals surface area contributed by atoms with Crippen LogP contribution >= 0.6 is 11.6 Å². The summed E-state index contributed by atoms with van der Waals surface area (Å²) in [5.74, 6) is -2.33. The first-order valence-corrected chi connectivity index (χ1v) is 7.29. The molecule has 0 saturated carbocycles. The molecule has 1 aromatic rings. The molecule has 0 heterocycles. The summed E-state index contributed by atoms with van der Waals surface area (Å²) >= 11 is 6.18. The van der Waals surface area contributed by atoms with E-state index in [1.807, 2.05) is 13.0 Å². The van der Waals surface area contributed by atoms with Crippen molar-refractivity contribution in [3.8, 4) is 0 Å². The van der Waals surface area contributed by atoms with E-state index in [4.69, 9.17) is 16.3 Å². The molecule has 0 spiro atoms. The molecule has 0 radical (unpaired) electrons. The Labute approximate surface area is 130 Å². The zero-order valence-electron chi connectivity index (χ0n) is 12.8. The molecule has 1 rings (SSSR count). The van der Waals surface area contributed by atoms with Crippen LogP contribution in [0.2, 0.25) is 5.02 Å².